The van der Waals surface area contributed by atoms with Crippen LogP contribution in [0.25, 0.3) is 0 Å². The highest BCUT2D eigenvalue weighted by atomic mass is 32.2. The van der Waals surface area contributed by atoms with Gasteiger partial charge in [-0.15, -0.1) is 0 Å². The molecule has 4 heteroatoms. The minimum absolute atomic E-state index is 0.256. The number of hydrogen-bond acceptors (Lipinski definition) is 3. The summed E-state index contributed by atoms with van der Waals surface area (Å²) in [4.78, 5) is 0. The lowest BCUT2D eigenvalue weighted by atomic mass is 10.0. The van der Waals surface area contributed by atoms with Crippen molar-refractivity contribution in [2.45, 2.75) is 26.7 Å². The average Bonchev–Trinajstić information content (AvgIpc) is 2.16. The third kappa shape index (κ3) is 4.77. The molecule has 0 aliphatic carbocycles. The molecule has 1 rings (SSSR count). The molecule has 1 aromatic rings. The first kappa shape index (κ1) is 13.2. The van der Waals surface area contributed by atoms with E-state index < -0.39 is 10.1 Å². The van der Waals surface area contributed by atoms with Crippen molar-refractivity contribution in [1.29, 1.82) is 0 Å². The van der Waals surface area contributed by atoms with Crippen LogP contribution in [0.3, 0.4) is 0 Å². The maximum absolute atomic E-state index is 10.7. The van der Waals surface area contributed by atoms with Gasteiger partial charge in [0.1, 0.15) is 0 Å². The highest BCUT2D eigenvalue weighted by Crippen LogP contribution is 2.12. The standard InChI is InChI=1S/C12H18O3S/c1-10-6-7-11(2)12(9-10)5-4-8-15-16(3,13)14/h6-7,9H,4-5,8H2,1-3H3. The van der Waals surface area contributed by atoms with E-state index in [1.807, 2.05) is 0 Å². The van der Waals surface area contributed by atoms with E-state index in [1.54, 1.807) is 0 Å². The highest BCUT2D eigenvalue weighted by molar-refractivity contribution is 7.85. The number of hydrogen-bond donors (Lipinski definition) is 0. The first-order valence-corrected chi connectivity index (χ1v) is 7.11. The fraction of sp³-hybridized carbons (Fsp3) is 0.500. The number of rotatable bonds is 5. The van der Waals surface area contributed by atoms with Crippen LogP contribution in [0.4, 0.5) is 0 Å². The van der Waals surface area contributed by atoms with Gasteiger partial charge in [-0.1, -0.05) is 23.8 Å². The Morgan fingerprint density at radius 1 is 1.25 bits per heavy atom. The largest absolute Gasteiger partial charge is 0.270 e. The van der Waals surface area contributed by atoms with Gasteiger partial charge in [0.15, 0.2) is 0 Å². The monoisotopic (exact) mass is 242 g/mol. The van der Waals surface area contributed by atoms with E-state index in [2.05, 4.69) is 32.0 Å². The molecular formula is C12H18O3S. The van der Waals surface area contributed by atoms with Crippen LogP contribution < -0.4 is 0 Å². The minimum Gasteiger partial charge on any atom is -0.270 e. The van der Waals surface area contributed by atoms with Gasteiger partial charge in [-0.25, -0.2) is 0 Å². The number of aryl methyl sites for hydroxylation is 3. The van der Waals surface area contributed by atoms with Crippen LogP contribution in [0.5, 0.6) is 0 Å². The summed E-state index contributed by atoms with van der Waals surface area (Å²) in [6.45, 7) is 4.37. The molecule has 1 aromatic carbocycles. The predicted molar refractivity (Wildman–Crippen MR) is 65.0 cm³/mol. The van der Waals surface area contributed by atoms with Gasteiger partial charge in [-0.05, 0) is 37.8 Å². The first-order valence-electron chi connectivity index (χ1n) is 5.29. The molecule has 0 aliphatic heterocycles. The van der Waals surface area contributed by atoms with Crippen molar-refractivity contribution in [3.63, 3.8) is 0 Å². The van der Waals surface area contributed by atoms with Crippen molar-refractivity contribution >= 4 is 10.1 Å². The van der Waals surface area contributed by atoms with Crippen LogP contribution in [-0.2, 0) is 20.7 Å². The Bertz CT molecular complexity index is 449. The van der Waals surface area contributed by atoms with E-state index in [4.69, 9.17) is 4.18 Å². The first-order chi connectivity index (χ1) is 7.38. The van der Waals surface area contributed by atoms with Crippen molar-refractivity contribution in [1.82, 2.24) is 0 Å². The van der Waals surface area contributed by atoms with E-state index in [0.29, 0.717) is 0 Å². The smallest absolute Gasteiger partial charge is 0.264 e. The minimum atomic E-state index is -3.30. The molecule has 0 atom stereocenters. The van der Waals surface area contributed by atoms with Crippen LogP contribution in [-0.4, -0.2) is 21.3 Å². The molecule has 0 aliphatic rings. The topological polar surface area (TPSA) is 43.4 Å². The average molecular weight is 242 g/mol. The number of benzene rings is 1. The second-order valence-corrected chi connectivity index (χ2v) is 5.70. The van der Waals surface area contributed by atoms with Gasteiger partial charge >= 0.3 is 0 Å². The third-order valence-corrected chi connectivity index (χ3v) is 2.99. The van der Waals surface area contributed by atoms with Gasteiger partial charge in [0.25, 0.3) is 10.1 Å². The maximum Gasteiger partial charge on any atom is 0.264 e. The van der Waals surface area contributed by atoms with E-state index in [-0.39, 0.29) is 6.61 Å². The van der Waals surface area contributed by atoms with E-state index in [9.17, 15) is 8.42 Å². The van der Waals surface area contributed by atoms with Crippen molar-refractivity contribution in [3.8, 4) is 0 Å². The molecule has 0 bridgehead atoms. The van der Waals surface area contributed by atoms with Crippen molar-refractivity contribution in [3.05, 3.63) is 34.9 Å². The zero-order valence-electron chi connectivity index (χ0n) is 9.99. The van der Waals surface area contributed by atoms with Crippen LogP contribution in [0.2, 0.25) is 0 Å². The molecular weight excluding hydrogens is 224 g/mol. The Balaban J connectivity index is 2.46. The molecule has 0 spiro atoms. The lowest BCUT2D eigenvalue weighted by Crippen LogP contribution is -2.05. The molecule has 16 heavy (non-hydrogen) atoms. The predicted octanol–water partition coefficient (Wildman–Crippen LogP) is 2.21. The zero-order chi connectivity index (χ0) is 12.2. The Morgan fingerprint density at radius 3 is 2.56 bits per heavy atom. The SMILES string of the molecule is Cc1ccc(C)c(CCCOS(C)(=O)=O)c1. The second kappa shape index (κ2) is 5.46. The molecule has 0 fully saturated rings. The molecule has 0 radical (unpaired) electrons. The van der Waals surface area contributed by atoms with Crippen molar-refractivity contribution < 1.29 is 12.6 Å². The molecule has 3 nitrogen and oxygen atoms in total. The summed E-state index contributed by atoms with van der Waals surface area (Å²) < 4.78 is 26.2. The fourth-order valence-electron chi connectivity index (χ4n) is 1.54. The molecule has 90 valence electrons. The highest BCUT2D eigenvalue weighted by Gasteiger charge is 2.02. The van der Waals surface area contributed by atoms with Crippen molar-refractivity contribution in [2.24, 2.45) is 0 Å². The van der Waals surface area contributed by atoms with Gasteiger partial charge in [-0.3, -0.25) is 4.18 Å². The summed E-state index contributed by atoms with van der Waals surface area (Å²) >= 11 is 0. The quantitative estimate of drug-likeness (QED) is 0.587. The molecule has 0 N–H and O–H groups in total. The van der Waals surface area contributed by atoms with Crippen molar-refractivity contribution in [2.75, 3.05) is 12.9 Å². The van der Waals surface area contributed by atoms with Crippen LogP contribution in [0, 0.1) is 13.8 Å². The summed E-state index contributed by atoms with van der Waals surface area (Å²) in [7, 11) is -3.30. The van der Waals surface area contributed by atoms with Crippen LogP contribution >= 0.6 is 0 Å². The lowest BCUT2D eigenvalue weighted by molar-refractivity contribution is 0.316. The van der Waals surface area contributed by atoms with Crippen LogP contribution in [0.1, 0.15) is 23.1 Å². The normalized spacial score (nSPS) is 11.7. The summed E-state index contributed by atoms with van der Waals surface area (Å²) in [5.41, 5.74) is 3.73. The van der Waals surface area contributed by atoms with E-state index in [0.717, 1.165) is 19.1 Å². The van der Waals surface area contributed by atoms with Gasteiger partial charge < -0.3 is 0 Å². The lowest BCUT2D eigenvalue weighted by Gasteiger charge is -2.06. The van der Waals surface area contributed by atoms with Gasteiger partial charge in [0.05, 0.1) is 12.9 Å². The fourth-order valence-corrected chi connectivity index (χ4v) is 1.96. The Hall–Kier alpha value is -0.870. The maximum atomic E-state index is 10.7. The Kier molecular flexibility index (Phi) is 4.50. The molecule has 0 heterocycles. The summed E-state index contributed by atoms with van der Waals surface area (Å²) in [5.74, 6) is 0. The van der Waals surface area contributed by atoms with Gasteiger partial charge in [-0.2, -0.15) is 8.42 Å². The summed E-state index contributed by atoms with van der Waals surface area (Å²) in [5, 5.41) is 0. The molecule has 0 amide bonds. The van der Waals surface area contributed by atoms with Crippen LogP contribution in [0.15, 0.2) is 18.2 Å². The molecule has 0 saturated carbocycles. The molecule has 0 saturated heterocycles. The van der Waals surface area contributed by atoms with Gasteiger partial charge in [0.2, 0.25) is 0 Å². The Labute approximate surface area is 97.6 Å². The van der Waals surface area contributed by atoms with E-state index in [1.165, 1.54) is 16.7 Å². The molecule has 0 unspecified atom stereocenters. The molecule has 0 aromatic heterocycles. The Morgan fingerprint density at radius 2 is 1.94 bits per heavy atom. The second-order valence-electron chi connectivity index (χ2n) is 4.06. The summed E-state index contributed by atoms with van der Waals surface area (Å²) in [6, 6.07) is 6.30. The van der Waals surface area contributed by atoms with Gasteiger partial charge in [0, 0.05) is 0 Å². The third-order valence-electron chi connectivity index (χ3n) is 2.39. The van der Waals surface area contributed by atoms with E-state index >= 15 is 0 Å². The zero-order valence-corrected chi connectivity index (χ0v) is 10.8. The summed E-state index contributed by atoms with van der Waals surface area (Å²) in [6.07, 6.45) is 2.64.